The van der Waals surface area contributed by atoms with E-state index in [-0.39, 0.29) is 24.4 Å². The van der Waals surface area contributed by atoms with Gasteiger partial charge >= 0.3 is 6.98 Å². The molecule has 0 bridgehead atoms. The first-order valence-corrected chi connectivity index (χ1v) is 21.5. The van der Waals surface area contributed by atoms with Crippen molar-refractivity contribution in [3.63, 3.8) is 0 Å². The fraction of sp³-hybridized carbons (Fsp3) is 0.107. The largest absolute Gasteiger partial charge is 0.456 e. The summed E-state index contributed by atoms with van der Waals surface area (Å²) in [7, 11) is 0. The van der Waals surface area contributed by atoms with E-state index in [1.165, 1.54) is 50.1 Å². The molecule has 292 valence electrons. The number of benzene rings is 7. The van der Waals surface area contributed by atoms with Crippen molar-refractivity contribution in [2.24, 2.45) is 0 Å². The van der Waals surface area contributed by atoms with Crippen LogP contribution in [-0.2, 0) is 5.41 Å². The van der Waals surface area contributed by atoms with Crippen LogP contribution in [0.4, 0.5) is 28.4 Å². The molecule has 7 aromatic carbocycles. The van der Waals surface area contributed by atoms with Crippen molar-refractivity contribution in [2.75, 3.05) is 9.71 Å². The Kier molecular flexibility index (Phi) is 8.23. The Morgan fingerprint density at radius 3 is 2.13 bits per heavy atom. The molecule has 0 radical (unpaired) electrons. The molecular weight excluding hydrogens is 741 g/mol. The van der Waals surface area contributed by atoms with Crippen LogP contribution in [0.3, 0.4) is 0 Å². The molecule has 1 N–H and O–H groups in total. The highest BCUT2D eigenvalue weighted by atomic mass is 16.3. The van der Waals surface area contributed by atoms with E-state index in [9.17, 15) is 0 Å². The van der Waals surface area contributed by atoms with E-state index in [2.05, 4.69) is 223 Å². The summed E-state index contributed by atoms with van der Waals surface area (Å²) in [6.45, 7) is 4.60. The van der Waals surface area contributed by atoms with E-state index < -0.39 is 0 Å². The molecule has 4 aliphatic rings. The van der Waals surface area contributed by atoms with Gasteiger partial charge in [0.1, 0.15) is 11.2 Å². The lowest BCUT2D eigenvalue weighted by molar-refractivity contribution is 0.660. The summed E-state index contributed by atoms with van der Waals surface area (Å²) in [5, 5.41) is 6.37. The second-order valence-electron chi connectivity index (χ2n) is 17.2. The number of hydrogen-bond donors (Lipinski definition) is 1. The summed E-state index contributed by atoms with van der Waals surface area (Å²) in [6.07, 6.45) is 18.8. The van der Waals surface area contributed by atoms with Gasteiger partial charge < -0.3 is 19.4 Å². The average molecular weight is 786 g/mol. The van der Waals surface area contributed by atoms with Crippen molar-refractivity contribution >= 4 is 62.8 Å². The highest BCUT2D eigenvalue weighted by Gasteiger charge is 2.40. The Morgan fingerprint density at radius 2 is 1.28 bits per heavy atom. The Labute approximate surface area is 357 Å². The monoisotopic (exact) mass is 785 g/mol. The summed E-state index contributed by atoms with van der Waals surface area (Å²) < 4.78 is 6.32. The van der Waals surface area contributed by atoms with Crippen LogP contribution in [0.5, 0.6) is 0 Å². The predicted molar refractivity (Wildman–Crippen MR) is 256 cm³/mol. The fourth-order valence-corrected chi connectivity index (χ4v) is 10.5. The zero-order valence-electron chi connectivity index (χ0n) is 34.3. The van der Waals surface area contributed by atoms with Crippen LogP contribution in [0.15, 0.2) is 205 Å². The molecule has 12 rings (SSSR count). The number of fused-ring (bicyclic) bond motifs is 9. The van der Waals surface area contributed by atoms with Gasteiger partial charge in [-0.05, 0) is 112 Å². The van der Waals surface area contributed by atoms with Gasteiger partial charge in [0.05, 0.1) is 0 Å². The molecule has 0 spiro atoms. The van der Waals surface area contributed by atoms with E-state index in [0.29, 0.717) is 0 Å². The molecule has 2 heterocycles. The molecule has 1 atom stereocenters. The van der Waals surface area contributed by atoms with Crippen molar-refractivity contribution in [2.45, 2.75) is 37.6 Å². The van der Waals surface area contributed by atoms with Gasteiger partial charge in [-0.15, -0.1) is 0 Å². The van der Waals surface area contributed by atoms with Gasteiger partial charge in [0.15, 0.2) is 0 Å². The molecule has 1 unspecified atom stereocenters. The van der Waals surface area contributed by atoms with Gasteiger partial charge in [0.2, 0.25) is 0 Å². The van der Waals surface area contributed by atoms with Crippen molar-refractivity contribution in [3.05, 3.63) is 217 Å². The Hall–Kier alpha value is -7.08. The first-order valence-electron chi connectivity index (χ1n) is 21.5. The minimum absolute atomic E-state index is 0.107. The Morgan fingerprint density at radius 1 is 0.590 bits per heavy atom. The SMILES string of the molecule is CC1(C)c2ccccc2-c2ccc(N(c3ccc(N4B(NC5C=CC=CC5)c5c(cccc5C5C=CC=C5)-c5ccccc54)cc3)c3ccc4oc5ccccc5c4c3)cc21. The fourth-order valence-electron chi connectivity index (χ4n) is 10.5. The third-order valence-electron chi connectivity index (χ3n) is 13.4. The van der Waals surface area contributed by atoms with Crippen molar-refractivity contribution in [1.29, 1.82) is 0 Å². The summed E-state index contributed by atoms with van der Waals surface area (Å²) in [5.41, 5.74) is 17.8. The van der Waals surface area contributed by atoms with Crippen LogP contribution in [-0.4, -0.2) is 13.0 Å². The van der Waals surface area contributed by atoms with Gasteiger partial charge in [0, 0.05) is 62.1 Å². The van der Waals surface area contributed by atoms with Gasteiger partial charge in [-0.25, -0.2) is 0 Å². The average Bonchev–Trinajstić information content (AvgIpc) is 4.03. The highest BCUT2D eigenvalue weighted by molar-refractivity contribution is 6.78. The first kappa shape index (κ1) is 35.8. The Balaban J connectivity index is 1.02. The molecule has 3 aliphatic carbocycles. The van der Waals surface area contributed by atoms with Crippen molar-refractivity contribution < 1.29 is 4.42 Å². The van der Waals surface area contributed by atoms with Gasteiger partial charge in [-0.3, -0.25) is 0 Å². The topological polar surface area (TPSA) is 31.6 Å². The first-order chi connectivity index (χ1) is 30.0. The molecule has 1 aliphatic heterocycles. The summed E-state index contributed by atoms with van der Waals surface area (Å²) in [5.74, 6) is 0.221. The van der Waals surface area contributed by atoms with E-state index in [0.717, 1.165) is 51.1 Å². The maximum absolute atomic E-state index is 6.32. The zero-order chi connectivity index (χ0) is 40.7. The summed E-state index contributed by atoms with van der Waals surface area (Å²) in [6, 6.07) is 56.0. The standard InChI is InChI=1S/C56H44BN3O/c1-56(2)50-24-11-8-19-44(50)45-33-31-42(36-51(45)56)59(41-32-34-54-49(35-41)47-21-10-13-26-53(47)61-54)39-27-29-40(30-28-39)60-52-25-12-9-20-46(52)48-23-14-22-43(37-15-6-7-16-37)55(48)57(60)58-38-17-4-3-5-18-38/h3-17,19-38,58H,18H2,1-2H3. The van der Waals surface area contributed by atoms with Crippen LogP contribution >= 0.6 is 0 Å². The van der Waals surface area contributed by atoms with Crippen molar-refractivity contribution in [3.8, 4) is 22.3 Å². The van der Waals surface area contributed by atoms with Crippen LogP contribution in [0.1, 0.15) is 42.9 Å². The van der Waals surface area contributed by atoms with Gasteiger partial charge in [0.25, 0.3) is 0 Å². The van der Waals surface area contributed by atoms with Crippen LogP contribution in [0.25, 0.3) is 44.2 Å². The van der Waals surface area contributed by atoms with E-state index in [4.69, 9.17) is 4.42 Å². The number of furan rings is 1. The molecule has 0 saturated carbocycles. The smallest absolute Gasteiger partial charge is 0.381 e. The minimum atomic E-state index is -0.131. The molecule has 0 amide bonds. The number of para-hydroxylation sites is 2. The highest BCUT2D eigenvalue weighted by Crippen LogP contribution is 2.51. The zero-order valence-corrected chi connectivity index (χ0v) is 34.3. The van der Waals surface area contributed by atoms with Crippen LogP contribution < -0.4 is 20.4 Å². The molecule has 0 fully saturated rings. The molecule has 61 heavy (non-hydrogen) atoms. The number of hydrogen-bond acceptors (Lipinski definition) is 4. The lowest BCUT2D eigenvalue weighted by Crippen LogP contribution is -2.62. The lowest BCUT2D eigenvalue weighted by Gasteiger charge is -2.41. The molecule has 1 aromatic heterocycles. The third-order valence-corrected chi connectivity index (χ3v) is 13.4. The van der Waals surface area contributed by atoms with E-state index >= 15 is 0 Å². The van der Waals surface area contributed by atoms with Crippen molar-refractivity contribution in [1.82, 2.24) is 5.23 Å². The molecule has 5 heteroatoms. The molecular formula is C56H44BN3O. The minimum Gasteiger partial charge on any atom is -0.456 e. The number of nitrogens with one attached hydrogen (secondary N) is 1. The molecule has 4 nitrogen and oxygen atoms in total. The number of allylic oxidation sites excluding steroid dienone is 6. The maximum Gasteiger partial charge on any atom is 0.381 e. The second kappa shape index (κ2) is 14.0. The predicted octanol–water partition coefficient (Wildman–Crippen LogP) is 13.6. The van der Waals surface area contributed by atoms with E-state index in [1.807, 2.05) is 6.07 Å². The van der Waals surface area contributed by atoms with E-state index in [1.54, 1.807) is 0 Å². The normalized spacial score (nSPS) is 16.9. The Bertz CT molecular complexity index is 3160. The number of rotatable bonds is 7. The lowest BCUT2D eigenvalue weighted by atomic mass is 9.56. The summed E-state index contributed by atoms with van der Waals surface area (Å²) in [4.78, 5) is 4.94. The number of anilines is 5. The number of nitrogens with zero attached hydrogens (tertiary/aromatic N) is 2. The quantitative estimate of drug-likeness (QED) is 0.163. The molecule has 8 aromatic rings. The maximum atomic E-state index is 6.32. The third kappa shape index (κ3) is 5.72. The second-order valence-corrected chi connectivity index (χ2v) is 17.2. The summed E-state index contributed by atoms with van der Waals surface area (Å²) >= 11 is 0. The van der Waals surface area contributed by atoms with Gasteiger partial charge in [-0.1, -0.05) is 147 Å². The molecule has 0 saturated heterocycles. The van der Waals surface area contributed by atoms with Crippen LogP contribution in [0.2, 0.25) is 0 Å². The van der Waals surface area contributed by atoms with Gasteiger partial charge in [-0.2, -0.15) is 0 Å². The van der Waals surface area contributed by atoms with Crippen LogP contribution in [0, 0.1) is 0 Å².